The lowest BCUT2D eigenvalue weighted by Gasteiger charge is -1.97. The Bertz CT molecular complexity index is 1010. The zero-order valence-electron chi connectivity index (χ0n) is 12.9. The van der Waals surface area contributed by atoms with Crippen molar-refractivity contribution in [3.05, 3.63) is 72.1 Å². The van der Waals surface area contributed by atoms with Crippen LogP contribution < -0.4 is 5.43 Å². The number of aromatic amines is 2. The third-order valence-corrected chi connectivity index (χ3v) is 3.95. The van der Waals surface area contributed by atoms with E-state index in [9.17, 15) is 4.79 Å². The summed E-state index contributed by atoms with van der Waals surface area (Å²) in [7, 11) is 0. The van der Waals surface area contributed by atoms with Crippen LogP contribution in [-0.2, 0) is 11.2 Å². The van der Waals surface area contributed by atoms with Gasteiger partial charge in [-0.15, -0.1) is 0 Å². The molecule has 0 bridgehead atoms. The molecule has 0 atom stereocenters. The van der Waals surface area contributed by atoms with E-state index in [2.05, 4.69) is 20.5 Å². The molecule has 1 amide bonds. The Kier molecular flexibility index (Phi) is 3.59. The lowest BCUT2D eigenvalue weighted by atomic mass is 10.2. The molecule has 5 heteroatoms. The molecule has 5 nitrogen and oxygen atoms in total. The van der Waals surface area contributed by atoms with Gasteiger partial charge in [0, 0.05) is 33.9 Å². The van der Waals surface area contributed by atoms with E-state index in [0.717, 1.165) is 33.1 Å². The van der Waals surface area contributed by atoms with E-state index in [1.54, 1.807) is 6.21 Å². The fourth-order valence-electron chi connectivity index (χ4n) is 2.82. The topological polar surface area (TPSA) is 73.0 Å². The predicted octanol–water partition coefficient (Wildman–Crippen LogP) is 3.34. The minimum atomic E-state index is -0.155. The number of fused-ring (bicyclic) bond motifs is 2. The zero-order valence-corrected chi connectivity index (χ0v) is 12.9. The summed E-state index contributed by atoms with van der Waals surface area (Å²) in [4.78, 5) is 18.4. The zero-order chi connectivity index (χ0) is 16.4. The van der Waals surface area contributed by atoms with Crippen LogP contribution >= 0.6 is 0 Å². The maximum atomic E-state index is 12.0. The van der Waals surface area contributed by atoms with Gasteiger partial charge < -0.3 is 9.97 Å². The Morgan fingerprint density at radius 1 is 1.08 bits per heavy atom. The van der Waals surface area contributed by atoms with Crippen molar-refractivity contribution in [2.75, 3.05) is 0 Å². The third kappa shape index (κ3) is 2.79. The molecule has 0 saturated carbocycles. The highest BCUT2D eigenvalue weighted by Gasteiger charge is 2.06. The minimum Gasteiger partial charge on any atom is -0.361 e. The fraction of sp³-hybridized carbons (Fsp3) is 0.0526. The Hall–Kier alpha value is -3.34. The highest BCUT2D eigenvalue weighted by Crippen LogP contribution is 2.16. The van der Waals surface area contributed by atoms with Crippen LogP contribution in [-0.4, -0.2) is 22.1 Å². The third-order valence-electron chi connectivity index (χ3n) is 3.95. The van der Waals surface area contributed by atoms with Gasteiger partial charge in [-0.1, -0.05) is 36.4 Å². The van der Waals surface area contributed by atoms with Crippen molar-refractivity contribution in [3.63, 3.8) is 0 Å². The van der Waals surface area contributed by atoms with E-state index >= 15 is 0 Å². The van der Waals surface area contributed by atoms with Crippen molar-refractivity contribution in [1.82, 2.24) is 15.4 Å². The van der Waals surface area contributed by atoms with Gasteiger partial charge in [-0.05, 0) is 23.6 Å². The van der Waals surface area contributed by atoms with Crippen molar-refractivity contribution in [1.29, 1.82) is 0 Å². The lowest BCUT2D eigenvalue weighted by molar-refractivity contribution is -0.120. The monoisotopic (exact) mass is 316 g/mol. The number of benzene rings is 2. The summed E-state index contributed by atoms with van der Waals surface area (Å²) in [5, 5.41) is 6.23. The summed E-state index contributed by atoms with van der Waals surface area (Å²) in [5.74, 6) is -0.155. The van der Waals surface area contributed by atoms with Gasteiger partial charge in [0.1, 0.15) is 0 Å². The van der Waals surface area contributed by atoms with Gasteiger partial charge in [-0.3, -0.25) is 4.79 Å². The van der Waals surface area contributed by atoms with Crippen molar-refractivity contribution in [2.24, 2.45) is 5.10 Å². The fourth-order valence-corrected chi connectivity index (χ4v) is 2.82. The van der Waals surface area contributed by atoms with Crippen LogP contribution in [0, 0.1) is 0 Å². The molecule has 0 aliphatic carbocycles. The molecule has 24 heavy (non-hydrogen) atoms. The number of hydrogen-bond acceptors (Lipinski definition) is 2. The van der Waals surface area contributed by atoms with Crippen LogP contribution in [0.15, 0.2) is 65.9 Å². The molecular weight excluding hydrogens is 300 g/mol. The number of hydrogen-bond donors (Lipinski definition) is 3. The average molecular weight is 316 g/mol. The molecule has 0 spiro atoms. The number of nitrogens with zero attached hydrogens (tertiary/aromatic N) is 1. The van der Waals surface area contributed by atoms with Gasteiger partial charge >= 0.3 is 0 Å². The SMILES string of the molecule is O=C(Cc1cc2ccccc2[nH]1)NN=Cc1c[nH]c2ccccc12. The Morgan fingerprint density at radius 2 is 1.88 bits per heavy atom. The summed E-state index contributed by atoms with van der Waals surface area (Å²) in [6.07, 6.45) is 3.79. The first-order valence-corrected chi connectivity index (χ1v) is 7.74. The van der Waals surface area contributed by atoms with Crippen LogP contribution in [0.4, 0.5) is 0 Å². The molecular formula is C19H16N4O. The molecule has 2 aromatic carbocycles. The molecule has 4 aromatic rings. The second-order valence-electron chi connectivity index (χ2n) is 5.64. The van der Waals surface area contributed by atoms with Gasteiger partial charge in [-0.25, -0.2) is 5.43 Å². The maximum absolute atomic E-state index is 12.0. The highest BCUT2D eigenvalue weighted by molar-refractivity contribution is 5.99. The van der Waals surface area contributed by atoms with Crippen LogP contribution in [0.3, 0.4) is 0 Å². The van der Waals surface area contributed by atoms with E-state index in [1.165, 1.54) is 0 Å². The van der Waals surface area contributed by atoms with Gasteiger partial charge in [-0.2, -0.15) is 5.10 Å². The second-order valence-corrected chi connectivity index (χ2v) is 5.64. The first-order valence-electron chi connectivity index (χ1n) is 7.74. The number of carbonyl (C=O) groups excluding carboxylic acids is 1. The summed E-state index contributed by atoms with van der Waals surface area (Å²) in [6, 6.07) is 17.9. The highest BCUT2D eigenvalue weighted by atomic mass is 16.2. The Morgan fingerprint density at radius 3 is 2.75 bits per heavy atom. The standard InChI is InChI=1S/C19H16N4O/c24-19(10-15-9-13-5-1-3-7-17(13)22-15)23-21-12-14-11-20-18-8-4-2-6-16(14)18/h1-9,11-12,20,22H,10H2,(H,23,24). The van der Waals surface area contributed by atoms with Gasteiger partial charge in [0.05, 0.1) is 12.6 Å². The molecule has 0 radical (unpaired) electrons. The number of rotatable bonds is 4. The van der Waals surface area contributed by atoms with E-state index in [1.807, 2.05) is 60.8 Å². The van der Waals surface area contributed by atoms with E-state index in [4.69, 9.17) is 0 Å². The molecule has 0 aliphatic heterocycles. The van der Waals surface area contributed by atoms with Gasteiger partial charge in [0.15, 0.2) is 0 Å². The molecule has 4 rings (SSSR count). The minimum absolute atomic E-state index is 0.155. The summed E-state index contributed by atoms with van der Waals surface area (Å²) < 4.78 is 0. The molecule has 0 unspecified atom stereocenters. The largest absolute Gasteiger partial charge is 0.361 e. The Labute approximate surface area is 138 Å². The normalized spacial score (nSPS) is 11.5. The number of carbonyl (C=O) groups is 1. The molecule has 2 aromatic heterocycles. The predicted molar refractivity (Wildman–Crippen MR) is 96.0 cm³/mol. The summed E-state index contributed by atoms with van der Waals surface area (Å²) in [6.45, 7) is 0. The van der Waals surface area contributed by atoms with Gasteiger partial charge in [0.25, 0.3) is 0 Å². The number of amides is 1. The summed E-state index contributed by atoms with van der Waals surface area (Å²) in [5.41, 5.74) is 6.46. The van der Waals surface area contributed by atoms with Crippen LogP contribution in [0.1, 0.15) is 11.3 Å². The molecule has 0 saturated heterocycles. The molecule has 118 valence electrons. The first kappa shape index (κ1) is 14.3. The first-order chi connectivity index (χ1) is 11.8. The maximum Gasteiger partial charge on any atom is 0.245 e. The van der Waals surface area contributed by atoms with Crippen LogP contribution in [0.2, 0.25) is 0 Å². The molecule has 3 N–H and O–H groups in total. The second kappa shape index (κ2) is 6.04. The molecule has 0 fully saturated rings. The molecule has 0 aliphatic rings. The quantitative estimate of drug-likeness (QED) is 0.392. The van der Waals surface area contributed by atoms with Crippen molar-refractivity contribution in [3.8, 4) is 0 Å². The van der Waals surface area contributed by atoms with E-state index in [0.29, 0.717) is 0 Å². The van der Waals surface area contributed by atoms with Gasteiger partial charge in [0.2, 0.25) is 5.91 Å². The van der Waals surface area contributed by atoms with Crippen molar-refractivity contribution in [2.45, 2.75) is 6.42 Å². The number of nitrogens with one attached hydrogen (secondary N) is 3. The lowest BCUT2D eigenvalue weighted by Crippen LogP contribution is -2.19. The summed E-state index contributed by atoms with van der Waals surface area (Å²) >= 11 is 0. The van der Waals surface area contributed by atoms with Crippen LogP contribution in [0.25, 0.3) is 21.8 Å². The van der Waals surface area contributed by atoms with Crippen molar-refractivity contribution >= 4 is 33.9 Å². The number of aromatic nitrogens is 2. The van der Waals surface area contributed by atoms with Crippen LogP contribution in [0.5, 0.6) is 0 Å². The van der Waals surface area contributed by atoms with E-state index < -0.39 is 0 Å². The number of H-pyrrole nitrogens is 2. The van der Waals surface area contributed by atoms with Crippen molar-refractivity contribution < 1.29 is 4.79 Å². The number of hydrazone groups is 1. The smallest absolute Gasteiger partial charge is 0.245 e. The Balaban J connectivity index is 1.42. The van der Waals surface area contributed by atoms with E-state index in [-0.39, 0.29) is 12.3 Å². The number of para-hydroxylation sites is 2. The average Bonchev–Trinajstić information content (AvgIpc) is 3.18. The molecule has 2 heterocycles.